The van der Waals surface area contributed by atoms with Gasteiger partial charge in [0, 0.05) is 24.4 Å². The van der Waals surface area contributed by atoms with Gasteiger partial charge in [0.15, 0.2) is 0 Å². The molecule has 1 fully saturated rings. The molecule has 2 heterocycles. The first-order valence-corrected chi connectivity index (χ1v) is 6.38. The van der Waals surface area contributed by atoms with Crippen LogP contribution in [0.4, 0.5) is 0 Å². The summed E-state index contributed by atoms with van der Waals surface area (Å²) in [6.45, 7) is 9.95. The van der Waals surface area contributed by atoms with Crippen LogP contribution >= 0.6 is 0 Å². The second kappa shape index (κ2) is 4.68. The first-order valence-electron chi connectivity index (χ1n) is 6.38. The minimum atomic E-state index is -0.321. The fourth-order valence-corrected chi connectivity index (χ4v) is 1.83. The molecule has 0 saturated carbocycles. The molecule has 1 aliphatic rings. The summed E-state index contributed by atoms with van der Waals surface area (Å²) in [5.41, 5.74) is 0.375. The standard InChI is InChI=1S/C12H22BN3O2/c1-11(2)12(3,4)18-13(17-11)10-8-15-16(9-10)7-6-14-5/h8-9,14H,6-7H2,1-5H3. The van der Waals surface area contributed by atoms with Gasteiger partial charge < -0.3 is 14.6 Å². The summed E-state index contributed by atoms with van der Waals surface area (Å²) in [5.74, 6) is 0. The number of likely N-dealkylation sites (N-methyl/N-ethyl adjacent to an activating group) is 1. The summed E-state index contributed by atoms with van der Waals surface area (Å²) < 4.78 is 13.9. The molecule has 0 amide bonds. The Balaban J connectivity index is 2.07. The molecule has 0 spiro atoms. The maximum absolute atomic E-state index is 5.98. The molecule has 0 aromatic carbocycles. The number of aromatic nitrogens is 2. The van der Waals surface area contributed by atoms with E-state index in [0.29, 0.717) is 0 Å². The third kappa shape index (κ3) is 2.46. The zero-order chi connectivity index (χ0) is 13.4. The molecule has 1 saturated heterocycles. The third-order valence-electron chi connectivity index (χ3n) is 3.77. The van der Waals surface area contributed by atoms with E-state index in [-0.39, 0.29) is 18.3 Å². The molecular weight excluding hydrogens is 229 g/mol. The van der Waals surface area contributed by atoms with Crippen LogP contribution in [0.1, 0.15) is 27.7 Å². The highest BCUT2D eigenvalue weighted by Crippen LogP contribution is 2.36. The monoisotopic (exact) mass is 251 g/mol. The minimum absolute atomic E-state index is 0.301. The lowest BCUT2D eigenvalue weighted by molar-refractivity contribution is 0.00578. The number of nitrogens with one attached hydrogen (secondary N) is 1. The first-order chi connectivity index (χ1) is 8.36. The zero-order valence-electron chi connectivity index (χ0n) is 11.9. The van der Waals surface area contributed by atoms with Crippen LogP contribution in [0.25, 0.3) is 0 Å². The number of hydrogen-bond acceptors (Lipinski definition) is 4. The smallest absolute Gasteiger partial charge is 0.399 e. The van der Waals surface area contributed by atoms with Crippen LogP contribution in [0.15, 0.2) is 12.4 Å². The van der Waals surface area contributed by atoms with Crippen molar-refractivity contribution in [3.05, 3.63) is 12.4 Å². The van der Waals surface area contributed by atoms with Crippen LogP contribution in [-0.2, 0) is 15.9 Å². The highest BCUT2D eigenvalue weighted by atomic mass is 16.7. The summed E-state index contributed by atoms with van der Waals surface area (Å²) in [6, 6.07) is 0. The van der Waals surface area contributed by atoms with E-state index >= 15 is 0 Å². The van der Waals surface area contributed by atoms with Gasteiger partial charge in [-0.25, -0.2) is 0 Å². The van der Waals surface area contributed by atoms with Crippen LogP contribution < -0.4 is 10.8 Å². The van der Waals surface area contributed by atoms with Crippen LogP contribution in [0, 0.1) is 0 Å². The lowest BCUT2D eigenvalue weighted by Crippen LogP contribution is -2.41. The fourth-order valence-electron chi connectivity index (χ4n) is 1.83. The molecule has 1 aromatic heterocycles. The minimum Gasteiger partial charge on any atom is -0.399 e. The molecule has 5 nitrogen and oxygen atoms in total. The number of hydrogen-bond donors (Lipinski definition) is 1. The van der Waals surface area contributed by atoms with Gasteiger partial charge in [-0.3, -0.25) is 4.68 Å². The topological polar surface area (TPSA) is 48.3 Å². The van der Waals surface area contributed by atoms with E-state index in [0.717, 1.165) is 18.6 Å². The van der Waals surface area contributed by atoms with E-state index in [1.54, 1.807) is 0 Å². The molecule has 0 unspecified atom stereocenters. The molecule has 0 radical (unpaired) electrons. The van der Waals surface area contributed by atoms with Crippen molar-refractivity contribution in [1.29, 1.82) is 0 Å². The molecule has 2 rings (SSSR count). The third-order valence-corrected chi connectivity index (χ3v) is 3.77. The molecular formula is C12H22BN3O2. The second-order valence-corrected chi connectivity index (χ2v) is 5.73. The maximum atomic E-state index is 5.98. The Kier molecular flexibility index (Phi) is 3.53. The van der Waals surface area contributed by atoms with Gasteiger partial charge in [0.25, 0.3) is 0 Å². The highest BCUT2D eigenvalue weighted by molar-refractivity contribution is 6.61. The molecule has 1 N–H and O–H groups in total. The zero-order valence-corrected chi connectivity index (χ0v) is 11.9. The molecule has 100 valence electrons. The molecule has 0 bridgehead atoms. The van der Waals surface area contributed by atoms with E-state index in [4.69, 9.17) is 9.31 Å². The average Bonchev–Trinajstić information content (AvgIpc) is 2.80. The molecule has 0 atom stereocenters. The highest BCUT2D eigenvalue weighted by Gasteiger charge is 2.52. The van der Waals surface area contributed by atoms with Gasteiger partial charge in [0.05, 0.1) is 17.7 Å². The summed E-state index contributed by atoms with van der Waals surface area (Å²) in [7, 11) is 1.61. The van der Waals surface area contributed by atoms with Crippen molar-refractivity contribution in [2.75, 3.05) is 13.6 Å². The lowest BCUT2D eigenvalue weighted by Gasteiger charge is -2.32. The number of rotatable bonds is 4. The van der Waals surface area contributed by atoms with E-state index < -0.39 is 0 Å². The summed E-state index contributed by atoms with van der Waals surface area (Å²) in [6.07, 6.45) is 3.80. The Morgan fingerprint density at radius 2 is 1.89 bits per heavy atom. The van der Waals surface area contributed by atoms with Gasteiger partial charge in [0.2, 0.25) is 0 Å². The van der Waals surface area contributed by atoms with Crippen molar-refractivity contribution in [3.63, 3.8) is 0 Å². The maximum Gasteiger partial charge on any atom is 0.498 e. The largest absolute Gasteiger partial charge is 0.498 e. The van der Waals surface area contributed by atoms with E-state index in [1.807, 2.05) is 24.1 Å². The lowest BCUT2D eigenvalue weighted by atomic mass is 9.82. The first kappa shape index (κ1) is 13.6. The van der Waals surface area contributed by atoms with Crippen LogP contribution in [0.3, 0.4) is 0 Å². The van der Waals surface area contributed by atoms with Gasteiger partial charge in [0.1, 0.15) is 0 Å². The molecule has 1 aliphatic heterocycles. The summed E-state index contributed by atoms with van der Waals surface area (Å²) in [4.78, 5) is 0. The van der Waals surface area contributed by atoms with Crippen LogP contribution in [0.2, 0.25) is 0 Å². The van der Waals surface area contributed by atoms with Crippen molar-refractivity contribution >= 4 is 12.6 Å². The van der Waals surface area contributed by atoms with Crippen LogP contribution in [0.5, 0.6) is 0 Å². The summed E-state index contributed by atoms with van der Waals surface area (Å²) >= 11 is 0. The van der Waals surface area contributed by atoms with Gasteiger partial charge in [-0.2, -0.15) is 5.10 Å². The average molecular weight is 251 g/mol. The number of nitrogens with zero attached hydrogens (tertiary/aromatic N) is 2. The Morgan fingerprint density at radius 3 is 2.44 bits per heavy atom. The van der Waals surface area contributed by atoms with E-state index in [9.17, 15) is 0 Å². The Hall–Kier alpha value is -0.845. The molecule has 1 aromatic rings. The van der Waals surface area contributed by atoms with E-state index in [2.05, 4.69) is 38.1 Å². The van der Waals surface area contributed by atoms with Crippen molar-refractivity contribution < 1.29 is 9.31 Å². The second-order valence-electron chi connectivity index (χ2n) is 5.73. The van der Waals surface area contributed by atoms with Crippen LogP contribution in [-0.4, -0.2) is 41.7 Å². The molecule has 0 aliphatic carbocycles. The van der Waals surface area contributed by atoms with Gasteiger partial charge in [-0.05, 0) is 34.7 Å². The van der Waals surface area contributed by atoms with Crippen molar-refractivity contribution in [2.45, 2.75) is 45.4 Å². The van der Waals surface area contributed by atoms with E-state index in [1.165, 1.54) is 0 Å². The van der Waals surface area contributed by atoms with Crippen molar-refractivity contribution in [3.8, 4) is 0 Å². The fraction of sp³-hybridized carbons (Fsp3) is 0.750. The van der Waals surface area contributed by atoms with Gasteiger partial charge in [-0.15, -0.1) is 0 Å². The molecule has 18 heavy (non-hydrogen) atoms. The van der Waals surface area contributed by atoms with Crippen molar-refractivity contribution in [2.24, 2.45) is 0 Å². The predicted molar refractivity (Wildman–Crippen MR) is 71.9 cm³/mol. The Bertz CT molecular complexity index is 401. The SMILES string of the molecule is CNCCn1cc(B2OC(C)(C)C(C)(C)O2)cn1. The molecule has 6 heteroatoms. The Labute approximate surface area is 109 Å². The normalized spacial score (nSPS) is 21.5. The Morgan fingerprint density at radius 1 is 1.28 bits per heavy atom. The van der Waals surface area contributed by atoms with Gasteiger partial charge >= 0.3 is 7.12 Å². The van der Waals surface area contributed by atoms with Gasteiger partial charge in [-0.1, -0.05) is 0 Å². The quantitative estimate of drug-likeness (QED) is 0.787. The summed E-state index contributed by atoms with van der Waals surface area (Å²) in [5, 5.41) is 7.41. The van der Waals surface area contributed by atoms with Crippen molar-refractivity contribution in [1.82, 2.24) is 15.1 Å². The predicted octanol–water partition coefficient (Wildman–Crippen LogP) is 0.402.